The lowest BCUT2D eigenvalue weighted by Gasteiger charge is -2.15. The number of fused-ring (bicyclic) bond motifs is 1. The molecule has 0 aliphatic heterocycles. The Bertz CT molecular complexity index is 963. The monoisotopic (exact) mass is 383 g/mol. The van der Waals surface area contributed by atoms with Gasteiger partial charge < -0.3 is 21.5 Å². The minimum absolute atomic E-state index is 0.142. The molecule has 0 aliphatic rings. The number of anilines is 4. The van der Waals surface area contributed by atoms with Gasteiger partial charge in [0.25, 0.3) is 0 Å². The molecular weight excluding hydrogens is 354 g/mol. The Kier molecular flexibility index (Phi) is 5.69. The van der Waals surface area contributed by atoms with Crippen LogP contribution in [0.2, 0.25) is 0 Å². The molecule has 2 heterocycles. The summed E-state index contributed by atoms with van der Waals surface area (Å²) in [6.45, 7) is 10.4. The van der Waals surface area contributed by atoms with Crippen LogP contribution in [0.15, 0.2) is 24.3 Å². The number of hydrogen-bond acceptors (Lipinski definition) is 7. The Morgan fingerprint density at radius 2 is 1.82 bits per heavy atom. The van der Waals surface area contributed by atoms with E-state index >= 15 is 0 Å². The molecule has 150 valence electrons. The van der Waals surface area contributed by atoms with Gasteiger partial charge >= 0.3 is 0 Å². The molecular formula is C20H29N7O. The second kappa shape index (κ2) is 8.02. The molecule has 1 atom stereocenters. The number of nitrogens with one attached hydrogen (secondary N) is 2. The molecule has 1 aromatic carbocycles. The highest BCUT2D eigenvalue weighted by Crippen LogP contribution is 2.33. The normalized spacial score (nSPS) is 12.7. The molecule has 0 saturated heterocycles. The standard InChI is InChI=1S/C20H29N7O/c1-11(2)16-17-18(27(26-16)12(3)4)19(23-15-9-7-6-8-14(15)21)25-20(24-17)22-10-13(5)28/h6-9,11-13,28H,10,21H2,1-5H3,(H2,22,23,24,25). The van der Waals surface area contributed by atoms with E-state index in [-0.39, 0.29) is 12.0 Å². The van der Waals surface area contributed by atoms with Gasteiger partial charge in [0.2, 0.25) is 5.95 Å². The van der Waals surface area contributed by atoms with Crippen LogP contribution in [-0.2, 0) is 0 Å². The van der Waals surface area contributed by atoms with Crippen molar-refractivity contribution in [3.8, 4) is 0 Å². The van der Waals surface area contributed by atoms with E-state index in [1.54, 1.807) is 6.92 Å². The van der Waals surface area contributed by atoms with Gasteiger partial charge in [-0.05, 0) is 38.8 Å². The highest BCUT2D eigenvalue weighted by Gasteiger charge is 2.22. The third kappa shape index (κ3) is 4.01. The van der Waals surface area contributed by atoms with E-state index in [1.165, 1.54) is 0 Å². The number of benzene rings is 1. The fourth-order valence-electron chi connectivity index (χ4n) is 2.97. The highest BCUT2D eigenvalue weighted by atomic mass is 16.3. The summed E-state index contributed by atoms with van der Waals surface area (Å²) in [5.74, 6) is 1.27. The topological polar surface area (TPSA) is 114 Å². The average Bonchev–Trinajstić information content (AvgIpc) is 3.02. The van der Waals surface area contributed by atoms with Crippen LogP contribution in [0.4, 0.5) is 23.1 Å². The van der Waals surface area contributed by atoms with Crippen LogP contribution in [0.1, 0.15) is 52.3 Å². The molecule has 1 unspecified atom stereocenters. The molecule has 0 fully saturated rings. The highest BCUT2D eigenvalue weighted by molar-refractivity contribution is 5.92. The molecule has 0 aliphatic carbocycles. The number of hydrogen-bond donors (Lipinski definition) is 4. The quantitative estimate of drug-likeness (QED) is 0.460. The van der Waals surface area contributed by atoms with E-state index in [0.29, 0.717) is 24.0 Å². The van der Waals surface area contributed by atoms with Crippen molar-refractivity contribution < 1.29 is 5.11 Å². The summed E-state index contributed by atoms with van der Waals surface area (Å²) in [6.07, 6.45) is -0.511. The van der Waals surface area contributed by atoms with Crippen molar-refractivity contribution in [1.82, 2.24) is 19.7 Å². The van der Waals surface area contributed by atoms with Crippen LogP contribution in [-0.4, -0.2) is 37.5 Å². The number of aromatic nitrogens is 4. The summed E-state index contributed by atoms with van der Waals surface area (Å²) in [5, 5.41) is 20.9. The van der Waals surface area contributed by atoms with E-state index in [4.69, 9.17) is 15.8 Å². The van der Waals surface area contributed by atoms with Crippen molar-refractivity contribution in [2.24, 2.45) is 0 Å². The number of aliphatic hydroxyl groups excluding tert-OH is 1. The van der Waals surface area contributed by atoms with Crippen LogP contribution >= 0.6 is 0 Å². The molecule has 0 spiro atoms. The van der Waals surface area contributed by atoms with Crippen LogP contribution in [0, 0.1) is 0 Å². The maximum Gasteiger partial charge on any atom is 0.225 e. The second-order valence-electron chi connectivity index (χ2n) is 7.61. The van der Waals surface area contributed by atoms with E-state index in [2.05, 4.69) is 43.3 Å². The van der Waals surface area contributed by atoms with E-state index in [9.17, 15) is 5.11 Å². The lowest BCUT2D eigenvalue weighted by atomic mass is 10.1. The zero-order chi connectivity index (χ0) is 20.4. The van der Waals surface area contributed by atoms with E-state index in [0.717, 1.165) is 22.4 Å². The van der Waals surface area contributed by atoms with Gasteiger partial charge in [-0.2, -0.15) is 10.1 Å². The lowest BCUT2D eigenvalue weighted by molar-refractivity contribution is 0.208. The molecule has 0 radical (unpaired) electrons. The van der Waals surface area contributed by atoms with Crippen molar-refractivity contribution >= 4 is 34.2 Å². The summed E-state index contributed by atoms with van der Waals surface area (Å²) >= 11 is 0. The molecule has 8 heteroatoms. The molecule has 0 bridgehead atoms. The smallest absolute Gasteiger partial charge is 0.225 e. The zero-order valence-electron chi connectivity index (χ0n) is 17.1. The van der Waals surface area contributed by atoms with Gasteiger partial charge in [0.15, 0.2) is 5.82 Å². The van der Waals surface area contributed by atoms with Gasteiger partial charge in [0.1, 0.15) is 11.0 Å². The summed E-state index contributed by atoms with van der Waals surface area (Å²) in [4.78, 5) is 9.37. The Morgan fingerprint density at radius 3 is 2.43 bits per heavy atom. The molecule has 28 heavy (non-hydrogen) atoms. The molecule has 2 aromatic heterocycles. The van der Waals surface area contributed by atoms with Crippen molar-refractivity contribution in [3.05, 3.63) is 30.0 Å². The fourth-order valence-corrected chi connectivity index (χ4v) is 2.97. The Balaban J connectivity index is 2.21. The Labute approximate surface area is 165 Å². The van der Waals surface area contributed by atoms with Crippen molar-refractivity contribution in [2.75, 3.05) is 22.9 Å². The molecule has 8 nitrogen and oxygen atoms in total. The first-order valence-electron chi connectivity index (χ1n) is 9.61. The number of aliphatic hydroxyl groups is 1. The van der Waals surface area contributed by atoms with Crippen molar-refractivity contribution in [3.63, 3.8) is 0 Å². The Morgan fingerprint density at radius 1 is 1.11 bits per heavy atom. The number of nitrogens with zero attached hydrogens (tertiary/aromatic N) is 4. The van der Waals surface area contributed by atoms with Crippen LogP contribution < -0.4 is 16.4 Å². The first-order valence-corrected chi connectivity index (χ1v) is 9.61. The number of para-hydroxylation sites is 2. The van der Waals surface area contributed by atoms with Gasteiger partial charge in [-0.1, -0.05) is 26.0 Å². The van der Waals surface area contributed by atoms with Gasteiger partial charge in [-0.25, -0.2) is 4.98 Å². The predicted molar refractivity (Wildman–Crippen MR) is 114 cm³/mol. The average molecular weight is 384 g/mol. The third-order valence-corrected chi connectivity index (χ3v) is 4.38. The van der Waals surface area contributed by atoms with Gasteiger partial charge in [0.05, 0.1) is 23.2 Å². The van der Waals surface area contributed by atoms with Gasteiger partial charge in [0, 0.05) is 12.6 Å². The maximum absolute atomic E-state index is 9.62. The van der Waals surface area contributed by atoms with Crippen LogP contribution in [0.5, 0.6) is 0 Å². The molecule has 0 amide bonds. The third-order valence-electron chi connectivity index (χ3n) is 4.38. The number of rotatable bonds is 7. The minimum Gasteiger partial charge on any atom is -0.397 e. The maximum atomic E-state index is 9.62. The second-order valence-corrected chi connectivity index (χ2v) is 7.61. The first-order chi connectivity index (χ1) is 13.3. The SMILES string of the molecule is CC(O)CNc1nc(Nc2ccccc2N)c2c(n1)c(C(C)C)nn2C(C)C. The van der Waals surface area contributed by atoms with Gasteiger partial charge in [-0.3, -0.25) is 4.68 Å². The van der Waals surface area contributed by atoms with Crippen molar-refractivity contribution in [1.29, 1.82) is 0 Å². The summed E-state index contributed by atoms with van der Waals surface area (Å²) in [7, 11) is 0. The molecule has 5 N–H and O–H groups in total. The van der Waals surface area contributed by atoms with Crippen LogP contribution in [0.25, 0.3) is 11.0 Å². The molecule has 0 saturated carbocycles. The lowest BCUT2D eigenvalue weighted by Crippen LogP contribution is -2.17. The largest absolute Gasteiger partial charge is 0.397 e. The van der Waals surface area contributed by atoms with Crippen LogP contribution in [0.3, 0.4) is 0 Å². The fraction of sp³-hybridized carbons (Fsp3) is 0.450. The predicted octanol–water partition coefficient (Wildman–Crippen LogP) is 3.65. The van der Waals surface area contributed by atoms with Crippen molar-refractivity contribution in [2.45, 2.75) is 52.7 Å². The zero-order valence-corrected chi connectivity index (χ0v) is 17.1. The number of nitrogen functional groups attached to an aromatic ring is 1. The first kappa shape index (κ1) is 19.9. The number of nitrogens with two attached hydrogens (primary N) is 1. The minimum atomic E-state index is -0.511. The van der Waals surface area contributed by atoms with Gasteiger partial charge in [-0.15, -0.1) is 0 Å². The Hall–Kier alpha value is -2.87. The summed E-state index contributed by atoms with van der Waals surface area (Å²) in [5.41, 5.74) is 10.1. The molecule has 3 rings (SSSR count). The molecule has 3 aromatic rings. The summed E-state index contributed by atoms with van der Waals surface area (Å²) < 4.78 is 1.95. The summed E-state index contributed by atoms with van der Waals surface area (Å²) in [6, 6.07) is 7.70. The van der Waals surface area contributed by atoms with E-state index in [1.807, 2.05) is 28.9 Å². The van der Waals surface area contributed by atoms with E-state index < -0.39 is 6.10 Å².